The highest BCUT2D eigenvalue weighted by Gasteiger charge is 2.27. The van der Waals surface area contributed by atoms with Gasteiger partial charge in [-0.25, -0.2) is 0 Å². The van der Waals surface area contributed by atoms with E-state index < -0.39 is 0 Å². The molecule has 0 saturated carbocycles. The monoisotopic (exact) mass is 210 g/mol. The maximum Gasteiger partial charge on any atom is 0.249 e. The third-order valence-corrected chi connectivity index (χ3v) is 2.23. The molecule has 1 aromatic rings. The van der Waals surface area contributed by atoms with Crippen molar-refractivity contribution >= 4 is 5.91 Å². The van der Waals surface area contributed by atoms with Crippen molar-refractivity contribution < 1.29 is 9.32 Å². The molecule has 15 heavy (non-hydrogen) atoms. The highest BCUT2D eigenvalue weighted by molar-refractivity contribution is 5.78. The van der Waals surface area contributed by atoms with Gasteiger partial charge in [0, 0.05) is 6.42 Å². The third kappa shape index (κ3) is 2.33. The summed E-state index contributed by atoms with van der Waals surface area (Å²) in [6, 6.07) is -0.0964. The largest absolute Gasteiger partial charge is 0.344 e. The number of nitrogens with one attached hydrogen (secondary N) is 1. The number of rotatable bonds is 3. The van der Waals surface area contributed by atoms with Crippen molar-refractivity contribution in [1.82, 2.24) is 20.4 Å². The summed E-state index contributed by atoms with van der Waals surface area (Å²) in [7, 11) is 3.88. The Labute approximate surface area is 87.6 Å². The molecule has 0 unspecified atom stereocenters. The van der Waals surface area contributed by atoms with Crippen molar-refractivity contribution in [3.8, 4) is 0 Å². The average Bonchev–Trinajstić information content (AvgIpc) is 2.72. The first-order chi connectivity index (χ1) is 7.15. The molecular formula is C9H14N4O2. The molecule has 2 heterocycles. The zero-order chi connectivity index (χ0) is 10.8. The van der Waals surface area contributed by atoms with E-state index in [-0.39, 0.29) is 11.9 Å². The van der Waals surface area contributed by atoms with E-state index in [1.807, 2.05) is 19.0 Å². The molecule has 6 nitrogen and oxygen atoms in total. The van der Waals surface area contributed by atoms with Crippen LogP contribution in [0, 0.1) is 0 Å². The Hall–Kier alpha value is -1.43. The fourth-order valence-corrected chi connectivity index (χ4v) is 1.56. The first kappa shape index (κ1) is 10.1. The smallest absolute Gasteiger partial charge is 0.249 e. The number of aromatic nitrogens is 2. The lowest BCUT2D eigenvalue weighted by atomic mass is 10.2. The lowest BCUT2D eigenvalue weighted by molar-refractivity contribution is -0.119. The van der Waals surface area contributed by atoms with E-state index in [0.717, 1.165) is 6.42 Å². The molecule has 1 fully saturated rings. The highest BCUT2D eigenvalue weighted by atomic mass is 16.5. The van der Waals surface area contributed by atoms with Crippen molar-refractivity contribution in [3.63, 3.8) is 0 Å². The van der Waals surface area contributed by atoms with Crippen LogP contribution in [0.1, 0.15) is 30.6 Å². The van der Waals surface area contributed by atoms with Crippen LogP contribution in [0.25, 0.3) is 0 Å². The van der Waals surface area contributed by atoms with E-state index in [0.29, 0.717) is 24.7 Å². The number of carbonyl (C=O) groups is 1. The van der Waals surface area contributed by atoms with Crippen molar-refractivity contribution in [3.05, 3.63) is 11.7 Å². The second kappa shape index (κ2) is 3.98. The maximum atomic E-state index is 11.0. The molecule has 1 aliphatic heterocycles. The van der Waals surface area contributed by atoms with E-state index in [9.17, 15) is 4.79 Å². The molecule has 0 aliphatic carbocycles. The van der Waals surface area contributed by atoms with Gasteiger partial charge < -0.3 is 14.7 Å². The lowest BCUT2D eigenvalue weighted by Crippen LogP contribution is -2.18. The molecule has 2 rings (SSSR count). The predicted molar refractivity (Wildman–Crippen MR) is 51.8 cm³/mol. The van der Waals surface area contributed by atoms with Crippen LogP contribution in [0.15, 0.2) is 4.52 Å². The first-order valence-corrected chi connectivity index (χ1v) is 4.92. The molecule has 6 heteroatoms. The van der Waals surface area contributed by atoms with Crippen LogP contribution >= 0.6 is 0 Å². The minimum atomic E-state index is -0.0964. The second-order valence-corrected chi connectivity index (χ2v) is 3.95. The SMILES string of the molecule is CN(C)Cc1noc([C@@H]2CCC(=O)N2)n1. The first-order valence-electron chi connectivity index (χ1n) is 4.92. The van der Waals surface area contributed by atoms with Crippen LogP contribution in [0.5, 0.6) is 0 Å². The van der Waals surface area contributed by atoms with Gasteiger partial charge in [0.05, 0.1) is 6.54 Å². The van der Waals surface area contributed by atoms with E-state index in [1.54, 1.807) is 0 Å². The van der Waals surface area contributed by atoms with E-state index in [1.165, 1.54) is 0 Å². The maximum absolute atomic E-state index is 11.0. The van der Waals surface area contributed by atoms with Gasteiger partial charge >= 0.3 is 0 Å². The summed E-state index contributed by atoms with van der Waals surface area (Å²) >= 11 is 0. The van der Waals surface area contributed by atoms with Gasteiger partial charge in [0.15, 0.2) is 5.82 Å². The van der Waals surface area contributed by atoms with Crippen LogP contribution in [0.4, 0.5) is 0 Å². The lowest BCUT2D eigenvalue weighted by Gasteiger charge is -2.04. The molecular weight excluding hydrogens is 196 g/mol. The summed E-state index contributed by atoms with van der Waals surface area (Å²) in [5, 5.41) is 6.63. The summed E-state index contributed by atoms with van der Waals surface area (Å²) in [5.74, 6) is 1.21. The molecule has 82 valence electrons. The fraction of sp³-hybridized carbons (Fsp3) is 0.667. The Balaban J connectivity index is 2.03. The predicted octanol–water partition coefficient (Wildman–Crippen LogP) is 0.0823. The summed E-state index contributed by atoms with van der Waals surface area (Å²) in [5.41, 5.74) is 0. The van der Waals surface area contributed by atoms with Crippen LogP contribution < -0.4 is 5.32 Å². The Morgan fingerprint density at radius 2 is 2.40 bits per heavy atom. The van der Waals surface area contributed by atoms with E-state index >= 15 is 0 Å². The minimum absolute atomic E-state index is 0.0485. The van der Waals surface area contributed by atoms with Gasteiger partial charge in [0.1, 0.15) is 6.04 Å². The summed E-state index contributed by atoms with van der Waals surface area (Å²) in [6.07, 6.45) is 1.28. The van der Waals surface area contributed by atoms with Gasteiger partial charge in [-0.2, -0.15) is 4.98 Å². The Morgan fingerprint density at radius 1 is 1.60 bits per heavy atom. The van der Waals surface area contributed by atoms with Crippen molar-refractivity contribution in [2.45, 2.75) is 25.4 Å². The zero-order valence-corrected chi connectivity index (χ0v) is 8.86. The normalized spacial score (nSPS) is 21.0. The Kier molecular flexibility index (Phi) is 2.68. The van der Waals surface area contributed by atoms with Crippen LogP contribution in [-0.2, 0) is 11.3 Å². The third-order valence-electron chi connectivity index (χ3n) is 2.23. The Bertz CT molecular complexity index is 361. The molecule has 1 aromatic heterocycles. The number of amides is 1. The average molecular weight is 210 g/mol. The van der Waals surface area contributed by atoms with Gasteiger partial charge in [0.2, 0.25) is 11.8 Å². The zero-order valence-electron chi connectivity index (χ0n) is 8.86. The Morgan fingerprint density at radius 3 is 3.00 bits per heavy atom. The number of hydrogen-bond donors (Lipinski definition) is 1. The fourth-order valence-electron chi connectivity index (χ4n) is 1.56. The van der Waals surface area contributed by atoms with Gasteiger partial charge in [0.25, 0.3) is 0 Å². The van der Waals surface area contributed by atoms with Gasteiger partial charge in [-0.1, -0.05) is 5.16 Å². The molecule has 1 aliphatic rings. The number of hydrogen-bond acceptors (Lipinski definition) is 5. The quantitative estimate of drug-likeness (QED) is 0.765. The van der Waals surface area contributed by atoms with Gasteiger partial charge in [-0.15, -0.1) is 0 Å². The van der Waals surface area contributed by atoms with Crippen LogP contribution in [0.3, 0.4) is 0 Å². The summed E-state index contributed by atoms with van der Waals surface area (Å²) in [6.45, 7) is 0.643. The summed E-state index contributed by atoms with van der Waals surface area (Å²) in [4.78, 5) is 17.2. The van der Waals surface area contributed by atoms with Crippen molar-refractivity contribution in [2.24, 2.45) is 0 Å². The molecule has 1 amide bonds. The number of carbonyl (C=O) groups excluding carboxylic acids is 1. The second-order valence-electron chi connectivity index (χ2n) is 3.95. The van der Waals surface area contributed by atoms with Gasteiger partial charge in [-0.3, -0.25) is 4.79 Å². The minimum Gasteiger partial charge on any atom is -0.344 e. The van der Waals surface area contributed by atoms with Crippen LogP contribution in [0.2, 0.25) is 0 Å². The molecule has 0 aromatic carbocycles. The standard InChI is InChI=1S/C9H14N4O2/c1-13(2)5-7-11-9(15-12-7)6-3-4-8(14)10-6/h6H,3-5H2,1-2H3,(H,10,14)/t6-/m0/s1. The van der Waals surface area contributed by atoms with E-state index in [4.69, 9.17) is 4.52 Å². The summed E-state index contributed by atoms with van der Waals surface area (Å²) < 4.78 is 5.10. The van der Waals surface area contributed by atoms with Gasteiger partial charge in [-0.05, 0) is 20.5 Å². The van der Waals surface area contributed by atoms with E-state index in [2.05, 4.69) is 15.5 Å². The molecule has 0 bridgehead atoms. The molecule has 1 saturated heterocycles. The molecule has 0 spiro atoms. The number of nitrogens with zero attached hydrogens (tertiary/aromatic N) is 3. The van der Waals surface area contributed by atoms with Crippen molar-refractivity contribution in [2.75, 3.05) is 14.1 Å². The molecule has 0 radical (unpaired) electrons. The highest BCUT2D eigenvalue weighted by Crippen LogP contribution is 2.21. The molecule has 1 atom stereocenters. The van der Waals surface area contributed by atoms with Crippen LogP contribution in [-0.4, -0.2) is 35.0 Å². The topological polar surface area (TPSA) is 71.3 Å². The van der Waals surface area contributed by atoms with Crippen molar-refractivity contribution in [1.29, 1.82) is 0 Å². The molecule has 1 N–H and O–H groups in total.